The predicted octanol–water partition coefficient (Wildman–Crippen LogP) is 1.43. The molecule has 2 unspecified atom stereocenters. The Bertz CT molecular complexity index is 369. The molecule has 1 aliphatic rings. The molecule has 0 N–H and O–H groups in total. The van der Waals surface area contributed by atoms with Crippen LogP contribution < -0.4 is 0 Å². The quantitative estimate of drug-likeness (QED) is 0.402. The molecule has 1 aliphatic heterocycles. The smallest absolute Gasteiger partial charge is 0.321 e. The number of carbonyl (C=O) groups is 2. The molecule has 0 radical (unpaired) electrons. The van der Waals surface area contributed by atoms with Gasteiger partial charge in [0.05, 0.1) is 0 Å². The SMILES string of the molecule is CC1OC(=O)C1C(=O)c1ccccc1. The summed E-state index contributed by atoms with van der Waals surface area (Å²) in [6.07, 6.45) is -0.282. The summed E-state index contributed by atoms with van der Waals surface area (Å²) in [4.78, 5) is 22.8. The Balaban J connectivity index is 2.21. The largest absolute Gasteiger partial charge is 0.461 e. The van der Waals surface area contributed by atoms with Crippen molar-refractivity contribution in [2.24, 2.45) is 5.92 Å². The molecule has 2 rings (SSSR count). The maximum Gasteiger partial charge on any atom is 0.321 e. The molecule has 1 aromatic carbocycles. The highest BCUT2D eigenvalue weighted by atomic mass is 16.6. The Labute approximate surface area is 81.7 Å². The van der Waals surface area contributed by atoms with Crippen LogP contribution in [0.15, 0.2) is 30.3 Å². The van der Waals surface area contributed by atoms with E-state index < -0.39 is 11.9 Å². The van der Waals surface area contributed by atoms with Gasteiger partial charge in [0.1, 0.15) is 6.10 Å². The van der Waals surface area contributed by atoms with E-state index in [4.69, 9.17) is 4.74 Å². The minimum Gasteiger partial charge on any atom is -0.461 e. The van der Waals surface area contributed by atoms with Gasteiger partial charge < -0.3 is 4.74 Å². The fraction of sp³-hybridized carbons (Fsp3) is 0.273. The molecule has 1 heterocycles. The minimum absolute atomic E-state index is 0.144. The first-order valence-electron chi connectivity index (χ1n) is 4.50. The van der Waals surface area contributed by atoms with Crippen molar-refractivity contribution in [3.05, 3.63) is 35.9 Å². The average Bonchev–Trinajstić information content (AvgIpc) is 2.18. The molecule has 1 fully saturated rings. The molecule has 3 heteroatoms. The second-order valence-corrected chi connectivity index (χ2v) is 3.35. The zero-order chi connectivity index (χ0) is 10.1. The van der Waals surface area contributed by atoms with Gasteiger partial charge in [-0.15, -0.1) is 0 Å². The van der Waals surface area contributed by atoms with Crippen molar-refractivity contribution in [1.82, 2.24) is 0 Å². The zero-order valence-corrected chi connectivity index (χ0v) is 7.77. The number of carbonyl (C=O) groups excluding carboxylic acids is 2. The van der Waals surface area contributed by atoms with Gasteiger partial charge in [-0.05, 0) is 6.92 Å². The fourth-order valence-corrected chi connectivity index (χ4v) is 1.55. The van der Waals surface area contributed by atoms with Crippen molar-refractivity contribution < 1.29 is 14.3 Å². The lowest BCUT2D eigenvalue weighted by atomic mass is 9.89. The molecule has 72 valence electrons. The van der Waals surface area contributed by atoms with E-state index in [0.717, 1.165) is 0 Å². The monoisotopic (exact) mass is 190 g/mol. The van der Waals surface area contributed by atoms with E-state index >= 15 is 0 Å². The molecule has 3 nitrogen and oxygen atoms in total. The van der Waals surface area contributed by atoms with Gasteiger partial charge >= 0.3 is 5.97 Å². The summed E-state index contributed by atoms with van der Waals surface area (Å²) in [6, 6.07) is 8.81. The van der Waals surface area contributed by atoms with E-state index in [-0.39, 0.29) is 11.9 Å². The van der Waals surface area contributed by atoms with Crippen molar-refractivity contribution in [2.45, 2.75) is 13.0 Å². The van der Waals surface area contributed by atoms with E-state index in [0.29, 0.717) is 5.56 Å². The van der Waals surface area contributed by atoms with Crippen LogP contribution in [0.1, 0.15) is 17.3 Å². The average molecular weight is 190 g/mol. The highest BCUT2D eigenvalue weighted by Crippen LogP contribution is 2.25. The number of esters is 1. The first kappa shape index (κ1) is 8.94. The Hall–Kier alpha value is -1.64. The summed E-state index contributed by atoms with van der Waals surface area (Å²) < 4.78 is 4.73. The van der Waals surface area contributed by atoms with Crippen LogP contribution in [0.2, 0.25) is 0 Å². The maximum absolute atomic E-state index is 11.7. The molecule has 0 amide bonds. The van der Waals surface area contributed by atoms with Crippen LogP contribution in [0, 0.1) is 5.92 Å². The second kappa shape index (κ2) is 3.25. The van der Waals surface area contributed by atoms with Crippen LogP contribution in [-0.2, 0) is 9.53 Å². The molecular formula is C11H10O3. The Morgan fingerprint density at radius 3 is 2.43 bits per heavy atom. The normalized spacial score (nSPS) is 25.1. The van der Waals surface area contributed by atoms with Gasteiger partial charge in [-0.2, -0.15) is 0 Å². The van der Waals surface area contributed by atoms with Crippen molar-refractivity contribution >= 4 is 11.8 Å². The van der Waals surface area contributed by atoms with Crippen LogP contribution in [-0.4, -0.2) is 17.9 Å². The van der Waals surface area contributed by atoms with Crippen LogP contribution in [0.3, 0.4) is 0 Å². The molecule has 0 bridgehead atoms. The van der Waals surface area contributed by atoms with E-state index in [9.17, 15) is 9.59 Å². The lowest BCUT2D eigenvalue weighted by molar-refractivity contribution is -0.176. The van der Waals surface area contributed by atoms with E-state index in [1.54, 1.807) is 31.2 Å². The van der Waals surface area contributed by atoms with E-state index in [1.807, 2.05) is 6.07 Å². The van der Waals surface area contributed by atoms with Crippen LogP contribution >= 0.6 is 0 Å². The molecule has 1 saturated heterocycles. The number of hydrogen-bond acceptors (Lipinski definition) is 3. The Morgan fingerprint density at radius 2 is 1.93 bits per heavy atom. The fourth-order valence-electron chi connectivity index (χ4n) is 1.55. The number of cyclic esters (lactones) is 1. The van der Waals surface area contributed by atoms with Crippen molar-refractivity contribution in [3.63, 3.8) is 0 Å². The van der Waals surface area contributed by atoms with Gasteiger partial charge in [0.25, 0.3) is 0 Å². The first-order chi connectivity index (χ1) is 6.70. The maximum atomic E-state index is 11.7. The van der Waals surface area contributed by atoms with Gasteiger partial charge in [0.2, 0.25) is 0 Å². The van der Waals surface area contributed by atoms with Crippen LogP contribution in [0.5, 0.6) is 0 Å². The number of Topliss-reactive ketones (excluding diaryl/α,β-unsaturated/α-hetero) is 1. The molecule has 2 atom stereocenters. The van der Waals surface area contributed by atoms with Gasteiger partial charge in [0.15, 0.2) is 11.7 Å². The standard InChI is InChI=1S/C11H10O3/c1-7-9(11(13)14-7)10(12)8-5-3-2-4-6-8/h2-7,9H,1H3. The topological polar surface area (TPSA) is 43.4 Å². The second-order valence-electron chi connectivity index (χ2n) is 3.35. The lowest BCUT2D eigenvalue weighted by Crippen LogP contribution is -2.47. The van der Waals surface area contributed by atoms with E-state index in [1.165, 1.54) is 0 Å². The molecule has 0 saturated carbocycles. The third-order valence-electron chi connectivity index (χ3n) is 2.37. The summed E-state index contributed by atoms with van der Waals surface area (Å²) >= 11 is 0. The Kier molecular flexibility index (Phi) is 2.08. The van der Waals surface area contributed by atoms with Crippen LogP contribution in [0.4, 0.5) is 0 Å². The number of hydrogen-bond donors (Lipinski definition) is 0. The highest BCUT2D eigenvalue weighted by molar-refractivity contribution is 6.11. The molecular weight excluding hydrogens is 180 g/mol. The van der Waals surface area contributed by atoms with Gasteiger partial charge in [-0.25, -0.2) is 0 Å². The van der Waals surface area contributed by atoms with Crippen molar-refractivity contribution in [2.75, 3.05) is 0 Å². The highest BCUT2D eigenvalue weighted by Gasteiger charge is 2.44. The van der Waals surface area contributed by atoms with Gasteiger partial charge in [-0.3, -0.25) is 9.59 Å². The lowest BCUT2D eigenvalue weighted by Gasteiger charge is -2.31. The van der Waals surface area contributed by atoms with Gasteiger partial charge in [-0.1, -0.05) is 30.3 Å². The Morgan fingerprint density at radius 1 is 1.29 bits per heavy atom. The third kappa shape index (κ3) is 1.31. The van der Waals surface area contributed by atoms with E-state index in [2.05, 4.69) is 0 Å². The van der Waals surface area contributed by atoms with Crippen LogP contribution in [0.25, 0.3) is 0 Å². The number of ether oxygens (including phenoxy) is 1. The summed E-state index contributed by atoms with van der Waals surface area (Å²) in [5, 5.41) is 0. The number of ketones is 1. The van der Waals surface area contributed by atoms with Crippen molar-refractivity contribution in [3.8, 4) is 0 Å². The molecule has 0 aromatic heterocycles. The summed E-state index contributed by atoms with van der Waals surface area (Å²) in [5.41, 5.74) is 0.570. The zero-order valence-electron chi connectivity index (χ0n) is 7.77. The van der Waals surface area contributed by atoms with Crippen molar-refractivity contribution in [1.29, 1.82) is 0 Å². The number of rotatable bonds is 2. The van der Waals surface area contributed by atoms with Gasteiger partial charge in [0, 0.05) is 5.56 Å². The summed E-state index contributed by atoms with van der Waals surface area (Å²) in [6.45, 7) is 1.73. The minimum atomic E-state index is -0.600. The molecule has 1 aromatic rings. The molecule has 0 spiro atoms. The summed E-state index contributed by atoms with van der Waals surface area (Å²) in [7, 11) is 0. The first-order valence-corrected chi connectivity index (χ1v) is 4.50. The summed E-state index contributed by atoms with van der Waals surface area (Å²) in [5.74, 6) is -1.15. The molecule has 14 heavy (non-hydrogen) atoms. The predicted molar refractivity (Wildman–Crippen MR) is 49.8 cm³/mol. The molecule has 0 aliphatic carbocycles. The third-order valence-corrected chi connectivity index (χ3v) is 2.37. The number of benzene rings is 1.